The molecular formula is C23H25NO4. The minimum absolute atomic E-state index is 0.0116. The molecule has 0 unspecified atom stereocenters. The van der Waals surface area contributed by atoms with Crippen LogP contribution in [0.4, 0.5) is 0 Å². The number of nitrogens with zero attached hydrogens (tertiary/aromatic N) is 1. The number of ketones is 1. The van der Waals surface area contributed by atoms with Crippen LogP contribution < -0.4 is 4.74 Å². The van der Waals surface area contributed by atoms with E-state index < -0.39 is 5.41 Å². The summed E-state index contributed by atoms with van der Waals surface area (Å²) in [6, 6.07) is 17.0. The average Bonchev–Trinajstić information content (AvgIpc) is 3.15. The van der Waals surface area contributed by atoms with Gasteiger partial charge in [0.1, 0.15) is 5.75 Å². The lowest BCUT2D eigenvalue weighted by Gasteiger charge is -2.37. The van der Waals surface area contributed by atoms with Crippen LogP contribution in [0, 0.1) is 5.41 Å². The number of fused-ring (bicyclic) bond motifs is 3. The molecule has 2 heterocycles. The maximum atomic E-state index is 12.8. The van der Waals surface area contributed by atoms with E-state index in [9.17, 15) is 14.7 Å². The molecule has 146 valence electrons. The first kappa shape index (κ1) is 18.7. The van der Waals surface area contributed by atoms with Crippen molar-refractivity contribution in [1.29, 1.82) is 0 Å². The van der Waals surface area contributed by atoms with Gasteiger partial charge < -0.3 is 14.7 Å². The summed E-state index contributed by atoms with van der Waals surface area (Å²) >= 11 is 0. The lowest BCUT2D eigenvalue weighted by Crippen LogP contribution is -2.42. The number of benzene rings is 2. The van der Waals surface area contributed by atoms with Gasteiger partial charge in [-0.05, 0) is 18.1 Å². The molecule has 1 fully saturated rings. The van der Waals surface area contributed by atoms with Crippen molar-refractivity contribution in [3.8, 4) is 5.75 Å². The molecule has 0 bridgehead atoms. The van der Waals surface area contributed by atoms with Crippen LogP contribution in [0.3, 0.4) is 0 Å². The predicted molar refractivity (Wildman–Crippen MR) is 105 cm³/mol. The number of Topliss-reactive ketones (excluding diaryl/α,β-unsaturated/α-hetero) is 1. The highest BCUT2D eigenvalue weighted by atomic mass is 16.5. The molecule has 0 radical (unpaired) electrons. The van der Waals surface area contributed by atoms with Gasteiger partial charge >= 0.3 is 0 Å². The van der Waals surface area contributed by atoms with Crippen molar-refractivity contribution in [1.82, 2.24) is 4.90 Å². The van der Waals surface area contributed by atoms with E-state index in [2.05, 4.69) is 0 Å². The Morgan fingerprint density at radius 2 is 1.82 bits per heavy atom. The van der Waals surface area contributed by atoms with Crippen molar-refractivity contribution in [3.63, 3.8) is 0 Å². The highest BCUT2D eigenvalue weighted by Gasteiger charge is 2.51. The first-order valence-electron chi connectivity index (χ1n) is 9.81. The number of likely N-dealkylation sites (tertiary alicyclic amines) is 1. The molecular weight excluding hydrogens is 354 g/mol. The summed E-state index contributed by atoms with van der Waals surface area (Å²) < 4.78 is 5.88. The second kappa shape index (κ2) is 7.76. The molecule has 4 rings (SSSR count). The largest absolute Gasteiger partial charge is 0.493 e. The van der Waals surface area contributed by atoms with Gasteiger partial charge in [-0.2, -0.15) is 0 Å². The number of aliphatic hydroxyl groups is 1. The molecule has 2 aliphatic heterocycles. The Kier molecular flexibility index (Phi) is 5.18. The lowest BCUT2D eigenvalue weighted by atomic mass is 9.74. The summed E-state index contributed by atoms with van der Waals surface area (Å²) in [5.41, 5.74) is 1.32. The Labute approximate surface area is 164 Å². The van der Waals surface area contributed by atoms with E-state index in [0.29, 0.717) is 44.5 Å². The number of hydrogen-bond acceptors (Lipinski definition) is 4. The van der Waals surface area contributed by atoms with E-state index in [1.807, 2.05) is 47.4 Å². The predicted octanol–water partition coefficient (Wildman–Crippen LogP) is 3.04. The molecule has 5 nitrogen and oxygen atoms in total. The van der Waals surface area contributed by atoms with Crippen LogP contribution in [-0.2, 0) is 4.79 Å². The van der Waals surface area contributed by atoms with Crippen molar-refractivity contribution in [2.45, 2.75) is 25.2 Å². The molecule has 0 saturated carbocycles. The topological polar surface area (TPSA) is 66.8 Å². The van der Waals surface area contributed by atoms with Gasteiger partial charge in [0, 0.05) is 37.4 Å². The molecule has 2 atom stereocenters. The summed E-state index contributed by atoms with van der Waals surface area (Å²) in [5.74, 6) is 1.04. The van der Waals surface area contributed by atoms with Crippen LogP contribution in [0.2, 0.25) is 0 Å². The molecule has 1 saturated heterocycles. The Bertz CT molecular complexity index is 866. The van der Waals surface area contributed by atoms with Crippen molar-refractivity contribution in [3.05, 3.63) is 65.7 Å². The van der Waals surface area contributed by atoms with Gasteiger partial charge in [-0.3, -0.25) is 9.59 Å². The zero-order chi connectivity index (χ0) is 19.6. The van der Waals surface area contributed by atoms with Crippen LogP contribution >= 0.6 is 0 Å². The standard InChI is InChI=1S/C23H25NO4/c25-15-23-14-24(13-19(23)18-9-4-5-11-21(18)28-16-23)22(27)12-6-10-20(26)17-7-2-1-3-8-17/h1-5,7-9,11,19,25H,6,10,12-16H2/t19-,23-/m1/s1. The molecule has 5 heteroatoms. The first-order chi connectivity index (χ1) is 13.6. The fraction of sp³-hybridized carbons (Fsp3) is 0.391. The van der Waals surface area contributed by atoms with Crippen LogP contribution in [0.15, 0.2) is 54.6 Å². The summed E-state index contributed by atoms with van der Waals surface area (Å²) in [6.07, 6.45) is 1.24. The fourth-order valence-corrected chi connectivity index (χ4v) is 4.39. The Hall–Kier alpha value is -2.66. The zero-order valence-electron chi connectivity index (χ0n) is 15.8. The summed E-state index contributed by atoms with van der Waals surface area (Å²) in [4.78, 5) is 26.8. The highest BCUT2D eigenvalue weighted by molar-refractivity contribution is 5.96. The Morgan fingerprint density at radius 3 is 2.61 bits per heavy atom. The molecule has 28 heavy (non-hydrogen) atoms. The van der Waals surface area contributed by atoms with Gasteiger partial charge in [0.2, 0.25) is 5.91 Å². The van der Waals surface area contributed by atoms with Gasteiger partial charge in [0.25, 0.3) is 0 Å². The maximum Gasteiger partial charge on any atom is 0.222 e. The maximum absolute atomic E-state index is 12.8. The van der Waals surface area contributed by atoms with E-state index in [1.165, 1.54) is 0 Å². The van der Waals surface area contributed by atoms with E-state index in [0.717, 1.165) is 11.3 Å². The first-order valence-corrected chi connectivity index (χ1v) is 9.81. The van der Waals surface area contributed by atoms with Gasteiger partial charge in [-0.25, -0.2) is 0 Å². The third-order valence-corrected chi connectivity index (χ3v) is 6.02. The number of aliphatic hydroxyl groups excluding tert-OH is 1. The molecule has 2 aromatic rings. The molecule has 0 spiro atoms. The van der Waals surface area contributed by atoms with Gasteiger partial charge in [-0.1, -0.05) is 48.5 Å². The molecule has 1 amide bonds. The number of ether oxygens (including phenoxy) is 1. The molecule has 0 aliphatic carbocycles. The van der Waals surface area contributed by atoms with E-state index >= 15 is 0 Å². The van der Waals surface area contributed by atoms with Crippen LogP contribution in [0.5, 0.6) is 5.75 Å². The normalized spacial score (nSPS) is 22.9. The van der Waals surface area contributed by atoms with Crippen molar-refractivity contribution in [2.24, 2.45) is 5.41 Å². The average molecular weight is 379 g/mol. The summed E-state index contributed by atoms with van der Waals surface area (Å²) in [5, 5.41) is 10.1. The van der Waals surface area contributed by atoms with Crippen molar-refractivity contribution >= 4 is 11.7 Å². The van der Waals surface area contributed by atoms with E-state index in [1.54, 1.807) is 12.1 Å². The van der Waals surface area contributed by atoms with Crippen LogP contribution in [0.1, 0.15) is 41.1 Å². The van der Waals surface area contributed by atoms with Crippen molar-refractivity contribution < 1.29 is 19.4 Å². The van der Waals surface area contributed by atoms with E-state index in [-0.39, 0.29) is 24.2 Å². The summed E-state index contributed by atoms with van der Waals surface area (Å²) in [7, 11) is 0. The molecule has 2 aromatic carbocycles. The number of amides is 1. The van der Waals surface area contributed by atoms with Gasteiger partial charge in [-0.15, -0.1) is 0 Å². The van der Waals surface area contributed by atoms with Gasteiger partial charge in [0.05, 0.1) is 18.6 Å². The quantitative estimate of drug-likeness (QED) is 0.784. The minimum atomic E-state index is -0.441. The van der Waals surface area contributed by atoms with E-state index in [4.69, 9.17) is 4.74 Å². The Balaban J connectivity index is 1.38. The fourth-order valence-electron chi connectivity index (χ4n) is 4.39. The second-order valence-corrected chi connectivity index (χ2v) is 7.82. The second-order valence-electron chi connectivity index (χ2n) is 7.82. The molecule has 0 aromatic heterocycles. The number of hydrogen-bond donors (Lipinski definition) is 1. The monoisotopic (exact) mass is 379 g/mol. The zero-order valence-corrected chi connectivity index (χ0v) is 15.8. The minimum Gasteiger partial charge on any atom is -0.493 e. The Morgan fingerprint density at radius 1 is 1.07 bits per heavy atom. The molecule has 2 aliphatic rings. The number of carbonyl (C=O) groups excluding carboxylic acids is 2. The summed E-state index contributed by atoms with van der Waals surface area (Å²) in [6.45, 7) is 1.49. The highest BCUT2D eigenvalue weighted by Crippen LogP contribution is 2.49. The number of carbonyl (C=O) groups is 2. The third kappa shape index (κ3) is 3.42. The van der Waals surface area contributed by atoms with Crippen LogP contribution in [-0.4, -0.2) is 48.0 Å². The lowest BCUT2D eigenvalue weighted by molar-refractivity contribution is -0.130. The van der Waals surface area contributed by atoms with Crippen molar-refractivity contribution in [2.75, 3.05) is 26.3 Å². The third-order valence-electron chi connectivity index (χ3n) is 6.02. The number of rotatable bonds is 6. The number of para-hydroxylation sites is 1. The van der Waals surface area contributed by atoms with Gasteiger partial charge in [0.15, 0.2) is 5.78 Å². The molecule has 1 N–H and O–H groups in total. The SMILES string of the molecule is O=C(CCCC(=O)N1C[C@@H]2c3ccccc3OC[C@]2(CO)C1)c1ccccc1. The van der Waals surface area contributed by atoms with Crippen LogP contribution in [0.25, 0.3) is 0 Å². The smallest absolute Gasteiger partial charge is 0.222 e.